The normalized spacial score (nSPS) is 10.1. The summed E-state index contributed by atoms with van der Waals surface area (Å²) < 4.78 is 5.87. The molecule has 0 spiro atoms. The van der Waals surface area contributed by atoms with Crippen molar-refractivity contribution in [3.63, 3.8) is 0 Å². The second-order valence-electron chi connectivity index (χ2n) is 3.25. The Morgan fingerprint density at radius 3 is 3.06 bits per heavy atom. The van der Waals surface area contributed by atoms with E-state index in [0.717, 1.165) is 6.42 Å². The zero-order chi connectivity index (χ0) is 11.8. The number of carbonyl (C=O) groups excluding carboxylic acids is 1. The first-order valence-electron chi connectivity index (χ1n) is 5.22. The summed E-state index contributed by atoms with van der Waals surface area (Å²) >= 11 is 3.26. The summed E-state index contributed by atoms with van der Waals surface area (Å²) in [5.74, 6) is -0.0650. The van der Waals surface area contributed by atoms with Crippen molar-refractivity contribution in [3.8, 4) is 0 Å². The molecule has 1 heterocycles. The first-order chi connectivity index (χ1) is 7.74. The van der Waals surface area contributed by atoms with Gasteiger partial charge in [-0.05, 0) is 34.5 Å². The van der Waals surface area contributed by atoms with Gasteiger partial charge < -0.3 is 10.1 Å². The zero-order valence-corrected chi connectivity index (χ0v) is 10.8. The monoisotopic (exact) mass is 286 g/mol. The number of anilines is 1. The quantitative estimate of drug-likeness (QED) is 0.646. The fourth-order valence-electron chi connectivity index (χ4n) is 1.10. The predicted molar refractivity (Wildman–Crippen MR) is 66.3 cm³/mol. The van der Waals surface area contributed by atoms with Crippen LogP contribution in [-0.4, -0.2) is 24.1 Å². The Kier molecular flexibility index (Phi) is 6.03. The van der Waals surface area contributed by atoms with Crippen LogP contribution >= 0.6 is 15.9 Å². The van der Waals surface area contributed by atoms with Gasteiger partial charge in [-0.25, -0.2) is 4.98 Å². The van der Waals surface area contributed by atoms with E-state index in [0.29, 0.717) is 29.9 Å². The van der Waals surface area contributed by atoms with E-state index in [-0.39, 0.29) is 5.91 Å². The molecule has 88 valence electrons. The molecule has 0 radical (unpaired) electrons. The van der Waals surface area contributed by atoms with Gasteiger partial charge in [0, 0.05) is 12.8 Å². The van der Waals surface area contributed by atoms with Crippen LogP contribution in [0.4, 0.5) is 5.69 Å². The SMILES string of the molecule is CCCOCCC(=O)Nc1cccnc1Br. The number of amides is 1. The highest BCUT2D eigenvalue weighted by atomic mass is 79.9. The van der Waals surface area contributed by atoms with Crippen LogP contribution < -0.4 is 5.32 Å². The zero-order valence-electron chi connectivity index (χ0n) is 9.20. The minimum Gasteiger partial charge on any atom is -0.381 e. The molecule has 1 N–H and O–H groups in total. The highest BCUT2D eigenvalue weighted by molar-refractivity contribution is 9.10. The summed E-state index contributed by atoms with van der Waals surface area (Å²) in [6.45, 7) is 3.19. The number of nitrogens with zero attached hydrogens (tertiary/aromatic N) is 1. The summed E-state index contributed by atoms with van der Waals surface area (Å²) in [5.41, 5.74) is 0.683. The molecule has 1 aromatic rings. The second kappa shape index (κ2) is 7.35. The van der Waals surface area contributed by atoms with Crippen LogP contribution in [0.5, 0.6) is 0 Å². The molecule has 16 heavy (non-hydrogen) atoms. The van der Waals surface area contributed by atoms with Gasteiger partial charge >= 0.3 is 0 Å². The van der Waals surface area contributed by atoms with Crippen molar-refractivity contribution in [1.82, 2.24) is 4.98 Å². The molecule has 0 aliphatic carbocycles. The third kappa shape index (κ3) is 4.72. The van der Waals surface area contributed by atoms with Crippen molar-refractivity contribution in [1.29, 1.82) is 0 Å². The number of carbonyl (C=O) groups is 1. The Hall–Kier alpha value is -0.940. The van der Waals surface area contributed by atoms with Gasteiger partial charge in [0.1, 0.15) is 4.60 Å². The molecule has 1 amide bonds. The van der Waals surface area contributed by atoms with Crippen molar-refractivity contribution in [2.45, 2.75) is 19.8 Å². The number of nitrogens with one attached hydrogen (secondary N) is 1. The highest BCUT2D eigenvalue weighted by Gasteiger charge is 2.05. The average Bonchev–Trinajstić information content (AvgIpc) is 2.28. The second-order valence-corrected chi connectivity index (χ2v) is 4.00. The molecule has 0 saturated heterocycles. The van der Waals surface area contributed by atoms with Gasteiger partial charge in [-0.15, -0.1) is 0 Å². The van der Waals surface area contributed by atoms with Gasteiger partial charge in [0.15, 0.2) is 0 Å². The maximum atomic E-state index is 11.5. The minimum absolute atomic E-state index is 0.0650. The van der Waals surface area contributed by atoms with Crippen molar-refractivity contribution in [2.24, 2.45) is 0 Å². The van der Waals surface area contributed by atoms with Gasteiger partial charge in [0.2, 0.25) is 5.91 Å². The van der Waals surface area contributed by atoms with E-state index in [9.17, 15) is 4.79 Å². The van der Waals surface area contributed by atoms with E-state index in [4.69, 9.17) is 4.74 Å². The number of halogens is 1. The third-order valence-corrected chi connectivity index (χ3v) is 2.49. The predicted octanol–water partition coefficient (Wildman–Crippen LogP) is 2.60. The van der Waals surface area contributed by atoms with Crippen LogP contribution in [0, 0.1) is 0 Å². The number of pyridine rings is 1. The van der Waals surface area contributed by atoms with Gasteiger partial charge in [-0.2, -0.15) is 0 Å². The van der Waals surface area contributed by atoms with Crippen molar-refractivity contribution in [2.75, 3.05) is 18.5 Å². The van der Waals surface area contributed by atoms with Crippen LogP contribution in [0.1, 0.15) is 19.8 Å². The summed E-state index contributed by atoms with van der Waals surface area (Å²) in [7, 11) is 0. The maximum Gasteiger partial charge on any atom is 0.226 e. The Morgan fingerprint density at radius 1 is 1.56 bits per heavy atom. The molecule has 5 heteroatoms. The van der Waals surface area contributed by atoms with Gasteiger partial charge in [0.05, 0.1) is 18.7 Å². The smallest absolute Gasteiger partial charge is 0.226 e. The van der Waals surface area contributed by atoms with E-state index in [2.05, 4.69) is 26.2 Å². The third-order valence-electron chi connectivity index (χ3n) is 1.86. The lowest BCUT2D eigenvalue weighted by Gasteiger charge is -2.06. The molecule has 0 aliphatic rings. The lowest BCUT2D eigenvalue weighted by atomic mass is 10.3. The molecule has 0 atom stereocenters. The van der Waals surface area contributed by atoms with Gasteiger partial charge in [0.25, 0.3) is 0 Å². The molecule has 4 nitrogen and oxygen atoms in total. The molecule has 1 aromatic heterocycles. The standard InChI is InChI=1S/C11H15BrN2O2/c1-2-7-16-8-5-10(15)14-9-4-3-6-13-11(9)12/h3-4,6H,2,5,7-8H2,1H3,(H,14,15). The molecule has 0 aromatic carbocycles. The Labute approximate surface area is 104 Å². The Morgan fingerprint density at radius 2 is 2.38 bits per heavy atom. The van der Waals surface area contributed by atoms with Crippen molar-refractivity contribution < 1.29 is 9.53 Å². The molecular weight excluding hydrogens is 272 g/mol. The number of aromatic nitrogens is 1. The van der Waals surface area contributed by atoms with Crippen LogP contribution in [0.25, 0.3) is 0 Å². The molecule has 0 bridgehead atoms. The van der Waals surface area contributed by atoms with E-state index >= 15 is 0 Å². The van der Waals surface area contributed by atoms with Crippen LogP contribution in [0.3, 0.4) is 0 Å². The van der Waals surface area contributed by atoms with Gasteiger partial charge in [-0.3, -0.25) is 4.79 Å². The molecule has 0 aliphatic heterocycles. The lowest BCUT2D eigenvalue weighted by Crippen LogP contribution is -2.14. The Balaban J connectivity index is 2.32. The highest BCUT2D eigenvalue weighted by Crippen LogP contribution is 2.18. The number of hydrogen-bond acceptors (Lipinski definition) is 3. The first kappa shape index (κ1) is 13.1. The minimum atomic E-state index is -0.0650. The molecular formula is C11H15BrN2O2. The first-order valence-corrected chi connectivity index (χ1v) is 6.01. The largest absolute Gasteiger partial charge is 0.381 e. The molecule has 0 saturated carbocycles. The van der Waals surface area contributed by atoms with Crippen molar-refractivity contribution in [3.05, 3.63) is 22.9 Å². The van der Waals surface area contributed by atoms with Crippen LogP contribution in [0.2, 0.25) is 0 Å². The molecule has 0 unspecified atom stereocenters. The van der Waals surface area contributed by atoms with Gasteiger partial charge in [-0.1, -0.05) is 6.92 Å². The average molecular weight is 287 g/mol. The topological polar surface area (TPSA) is 51.2 Å². The van der Waals surface area contributed by atoms with E-state index < -0.39 is 0 Å². The fourth-order valence-corrected chi connectivity index (χ4v) is 1.45. The number of rotatable bonds is 6. The van der Waals surface area contributed by atoms with E-state index in [1.807, 2.05) is 6.92 Å². The number of ether oxygens (including phenoxy) is 1. The van der Waals surface area contributed by atoms with Crippen LogP contribution in [0.15, 0.2) is 22.9 Å². The van der Waals surface area contributed by atoms with Crippen molar-refractivity contribution >= 4 is 27.5 Å². The maximum absolute atomic E-state index is 11.5. The summed E-state index contributed by atoms with van der Waals surface area (Å²) in [6, 6.07) is 3.57. The van der Waals surface area contributed by atoms with E-state index in [1.54, 1.807) is 18.3 Å². The summed E-state index contributed by atoms with van der Waals surface area (Å²) in [6.07, 6.45) is 2.99. The summed E-state index contributed by atoms with van der Waals surface area (Å²) in [4.78, 5) is 15.5. The summed E-state index contributed by atoms with van der Waals surface area (Å²) in [5, 5.41) is 2.76. The Bertz CT molecular complexity index is 345. The molecule has 0 fully saturated rings. The van der Waals surface area contributed by atoms with Crippen LogP contribution in [-0.2, 0) is 9.53 Å². The lowest BCUT2D eigenvalue weighted by molar-refractivity contribution is -0.117. The number of hydrogen-bond donors (Lipinski definition) is 1. The van der Waals surface area contributed by atoms with E-state index in [1.165, 1.54) is 0 Å². The molecule has 1 rings (SSSR count). The fraction of sp³-hybridized carbons (Fsp3) is 0.455.